The van der Waals surface area contributed by atoms with Crippen molar-refractivity contribution in [3.8, 4) is 0 Å². The molecule has 1 saturated heterocycles. The van der Waals surface area contributed by atoms with Crippen LogP contribution in [0.3, 0.4) is 0 Å². The molecule has 1 aromatic heterocycles. The van der Waals surface area contributed by atoms with Crippen LogP contribution in [0.5, 0.6) is 0 Å². The molecular formula is C17H25ClN4O2. The number of carbonyl (C=O) groups excluding carboxylic acids is 1. The summed E-state index contributed by atoms with van der Waals surface area (Å²) in [6, 6.07) is 0.218. The topological polar surface area (TPSA) is 67.4 Å². The van der Waals surface area contributed by atoms with E-state index < -0.39 is 0 Å². The van der Waals surface area contributed by atoms with Crippen LogP contribution < -0.4 is 10.2 Å². The maximum Gasteiger partial charge on any atom is 0.271 e. The summed E-state index contributed by atoms with van der Waals surface area (Å²) < 4.78 is 5.34. The van der Waals surface area contributed by atoms with Crippen LogP contribution in [0, 0.1) is 0 Å². The Kier molecular flexibility index (Phi) is 6.26. The maximum atomic E-state index is 12.6. The molecule has 7 heteroatoms. The number of halogens is 1. The lowest BCUT2D eigenvalue weighted by molar-refractivity contribution is 0.0925. The molecule has 0 atom stereocenters. The number of morpholine rings is 1. The van der Waals surface area contributed by atoms with E-state index in [-0.39, 0.29) is 17.6 Å². The molecule has 0 bridgehead atoms. The third-order valence-corrected chi connectivity index (χ3v) is 4.96. The van der Waals surface area contributed by atoms with E-state index in [1.54, 1.807) is 0 Å². The Morgan fingerprint density at radius 3 is 2.54 bits per heavy atom. The summed E-state index contributed by atoms with van der Waals surface area (Å²) in [7, 11) is 0. The highest BCUT2D eigenvalue weighted by atomic mass is 35.5. The van der Waals surface area contributed by atoms with E-state index in [1.807, 2.05) is 4.90 Å². The lowest BCUT2D eigenvalue weighted by Gasteiger charge is -2.27. The number of nitrogens with one attached hydrogen (secondary N) is 1. The van der Waals surface area contributed by atoms with Crippen LogP contribution in [-0.2, 0) is 4.74 Å². The van der Waals surface area contributed by atoms with Crippen molar-refractivity contribution in [1.29, 1.82) is 0 Å². The summed E-state index contributed by atoms with van der Waals surface area (Å²) in [5, 5.41) is 3.42. The molecule has 2 fully saturated rings. The van der Waals surface area contributed by atoms with E-state index >= 15 is 0 Å². The van der Waals surface area contributed by atoms with E-state index in [1.165, 1.54) is 38.3 Å². The number of hydrogen-bond acceptors (Lipinski definition) is 5. The second-order valence-electron chi connectivity index (χ2n) is 6.48. The van der Waals surface area contributed by atoms with Crippen LogP contribution in [0.15, 0.2) is 6.20 Å². The lowest BCUT2D eigenvalue weighted by Crippen LogP contribution is -2.39. The summed E-state index contributed by atoms with van der Waals surface area (Å²) in [4.78, 5) is 23.3. The highest BCUT2D eigenvalue weighted by Gasteiger charge is 2.21. The van der Waals surface area contributed by atoms with Gasteiger partial charge >= 0.3 is 0 Å². The van der Waals surface area contributed by atoms with E-state index in [4.69, 9.17) is 16.3 Å². The number of carbonyl (C=O) groups is 1. The van der Waals surface area contributed by atoms with Crippen LogP contribution >= 0.6 is 11.6 Å². The first-order chi connectivity index (χ1) is 11.7. The molecule has 1 N–H and O–H groups in total. The second-order valence-corrected chi connectivity index (χ2v) is 6.89. The minimum atomic E-state index is -0.192. The Balaban J connectivity index is 1.68. The van der Waals surface area contributed by atoms with Gasteiger partial charge in [-0.05, 0) is 12.8 Å². The van der Waals surface area contributed by atoms with Crippen LogP contribution in [0.2, 0.25) is 5.02 Å². The van der Waals surface area contributed by atoms with E-state index in [0.29, 0.717) is 24.2 Å². The molecular weight excluding hydrogens is 328 g/mol. The Bertz CT molecular complexity index is 556. The van der Waals surface area contributed by atoms with Crippen molar-refractivity contribution >= 4 is 23.5 Å². The predicted octanol–water partition coefficient (Wildman–Crippen LogP) is 2.81. The smallest absolute Gasteiger partial charge is 0.271 e. The number of hydrogen-bond donors (Lipinski definition) is 1. The molecule has 0 spiro atoms. The molecule has 2 heterocycles. The van der Waals surface area contributed by atoms with E-state index in [0.717, 1.165) is 25.9 Å². The van der Waals surface area contributed by atoms with Gasteiger partial charge in [0.2, 0.25) is 5.95 Å². The molecule has 0 unspecified atom stereocenters. The lowest BCUT2D eigenvalue weighted by atomic mass is 9.96. The van der Waals surface area contributed by atoms with Crippen molar-refractivity contribution in [1.82, 2.24) is 15.3 Å². The van der Waals surface area contributed by atoms with Gasteiger partial charge in [0.05, 0.1) is 24.4 Å². The van der Waals surface area contributed by atoms with Crippen molar-refractivity contribution in [2.75, 3.05) is 31.2 Å². The standard InChI is InChI=1S/C17H25ClN4O2/c18-14-12-19-17(22-8-10-24-11-9-22)21-15(14)16(23)20-13-6-4-2-1-3-5-7-13/h12-13H,1-11H2,(H,20,23). The summed E-state index contributed by atoms with van der Waals surface area (Å²) in [5.41, 5.74) is 0.273. The Hall–Kier alpha value is -1.40. The van der Waals surface area contributed by atoms with Gasteiger partial charge in [-0.25, -0.2) is 9.97 Å². The van der Waals surface area contributed by atoms with Crippen LogP contribution in [-0.4, -0.2) is 48.2 Å². The molecule has 1 saturated carbocycles. The number of rotatable bonds is 3. The summed E-state index contributed by atoms with van der Waals surface area (Å²) in [6.07, 6.45) is 9.73. The minimum absolute atomic E-state index is 0.192. The Labute approximate surface area is 147 Å². The molecule has 132 valence electrons. The largest absolute Gasteiger partial charge is 0.378 e. The highest BCUT2D eigenvalue weighted by molar-refractivity contribution is 6.33. The summed E-state index contributed by atoms with van der Waals surface area (Å²) in [5.74, 6) is 0.355. The quantitative estimate of drug-likeness (QED) is 0.906. The second kappa shape index (κ2) is 8.62. The van der Waals surface area contributed by atoms with Gasteiger partial charge in [-0.2, -0.15) is 0 Å². The third-order valence-electron chi connectivity index (χ3n) is 4.68. The third kappa shape index (κ3) is 4.57. The van der Waals surface area contributed by atoms with Crippen LogP contribution in [0.1, 0.15) is 55.4 Å². The number of ether oxygens (including phenoxy) is 1. The Morgan fingerprint density at radius 2 is 1.83 bits per heavy atom. The fraction of sp³-hybridized carbons (Fsp3) is 0.706. The molecule has 1 amide bonds. The van der Waals surface area contributed by atoms with Crippen molar-refractivity contribution in [3.63, 3.8) is 0 Å². The van der Waals surface area contributed by atoms with Gasteiger partial charge < -0.3 is 15.0 Å². The molecule has 1 aromatic rings. The molecule has 2 aliphatic rings. The van der Waals surface area contributed by atoms with E-state index in [2.05, 4.69) is 15.3 Å². The molecule has 6 nitrogen and oxygen atoms in total. The molecule has 3 rings (SSSR count). The average molecular weight is 353 g/mol. The van der Waals surface area contributed by atoms with Crippen LogP contribution in [0.4, 0.5) is 5.95 Å². The zero-order valence-corrected chi connectivity index (χ0v) is 14.7. The monoisotopic (exact) mass is 352 g/mol. The molecule has 1 aliphatic carbocycles. The van der Waals surface area contributed by atoms with Gasteiger partial charge in [-0.15, -0.1) is 0 Å². The Morgan fingerprint density at radius 1 is 1.17 bits per heavy atom. The highest BCUT2D eigenvalue weighted by Crippen LogP contribution is 2.20. The van der Waals surface area contributed by atoms with Gasteiger partial charge in [-0.3, -0.25) is 4.79 Å². The van der Waals surface area contributed by atoms with Crippen LogP contribution in [0.25, 0.3) is 0 Å². The predicted molar refractivity (Wildman–Crippen MR) is 93.6 cm³/mol. The van der Waals surface area contributed by atoms with Gasteiger partial charge in [-0.1, -0.05) is 43.7 Å². The van der Waals surface area contributed by atoms with Crippen molar-refractivity contribution in [2.24, 2.45) is 0 Å². The number of amides is 1. The molecule has 0 aromatic carbocycles. The number of anilines is 1. The van der Waals surface area contributed by atoms with Crippen molar-refractivity contribution < 1.29 is 9.53 Å². The zero-order chi connectivity index (χ0) is 16.8. The maximum absolute atomic E-state index is 12.6. The number of nitrogens with zero attached hydrogens (tertiary/aromatic N) is 3. The first kappa shape index (κ1) is 17.4. The van der Waals surface area contributed by atoms with E-state index in [9.17, 15) is 4.79 Å². The molecule has 0 radical (unpaired) electrons. The van der Waals surface area contributed by atoms with Crippen molar-refractivity contribution in [2.45, 2.75) is 51.0 Å². The van der Waals surface area contributed by atoms with Gasteiger partial charge in [0.25, 0.3) is 5.91 Å². The fourth-order valence-corrected chi connectivity index (χ4v) is 3.46. The summed E-state index contributed by atoms with van der Waals surface area (Å²) in [6.45, 7) is 2.75. The minimum Gasteiger partial charge on any atom is -0.378 e. The fourth-order valence-electron chi connectivity index (χ4n) is 3.29. The normalized spacial score (nSPS) is 20.3. The van der Waals surface area contributed by atoms with Gasteiger partial charge in [0.15, 0.2) is 5.69 Å². The van der Waals surface area contributed by atoms with Gasteiger partial charge in [0, 0.05) is 19.1 Å². The van der Waals surface area contributed by atoms with Crippen molar-refractivity contribution in [3.05, 3.63) is 16.9 Å². The van der Waals surface area contributed by atoms with Gasteiger partial charge in [0.1, 0.15) is 0 Å². The average Bonchev–Trinajstić information content (AvgIpc) is 2.58. The number of aromatic nitrogens is 2. The molecule has 24 heavy (non-hydrogen) atoms. The first-order valence-corrected chi connectivity index (χ1v) is 9.28. The molecule has 1 aliphatic heterocycles. The zero-order valence-electron chi connectivity index (χ0n) is 14.0. The summed E-state index contributed by atoms with van der Waals surface area (Å²) >= 11 is 6.18. The SMILES string of the molecule is O=C(NC1CCCCCCC1)c1nc(N2CCOCC2)ncc1Cl. The first-order valence-electron chi connectivity index (χ1n) is 8.90.